The van der Waals surface area contributed by atoms with Crippen molar-refractivity contribution in [3.8, 4) is 0 Å². The fourth-order valence-corrected chi connectivity index (χ4v) is 0.964. The van der Waals surface area contributed by atoms with Crippen LogP contribution in [0.4, 0.5) is 4.39 Å². The summed E-state index contributed by atoms with van der Waals surface area (Å²) in [6, 6.07) is 6.17. The molecule has 1 rings (SSSR count). The van der Waals surface area contributed by atoms with Crippen molar-refractivity contribution in [3.05, 3.63) is 35.6 Å². The Kier molecular flexibility index (Phi) is 4.07. The molecule has 0 aliphatic carbocycles. The highest BCUT2D eigenvalue weighted by atomic mass is 19.1. The van der Waals surface area contributed by atoms with Gasteiger partial charge in [-0.15, -0.1) is 0 Å². The number of ether oxygens (including phenoxy) is 1. The summed E-state index contributed by atoms with van der Waals surface area (Å²) in [6.07, 6.45) is 0.161. The number of nitrogens with two attached hydrogens (primary N) is 1. The van der Waals surface area contributed by atoms with E-state index in [1.165, 1.54) is 6.07 Å². The van der Waals surface area contributed by atoms with Gasteiger partial charge >= 0.3 is 5.97 Å². The van der Waals surface area contributed by atoms with E-state index >= 15 is 0 Å². The quantitative estimate of drug-likeness (QED) is 0.738. The van der Waals surface area contributed by atoms with Crippen LogP contribution in [0.5, 0.6) is 0 Å². The Morgan fingerprint density at radius 3 is 2.79 bits per heavy atom. The van der Waals surface area contributed by atoms with Crippen LogP contribution in [0.2, 0.25) is 0 Å². The molecule has 2 N–H and O–H groups in total. The summed E-state index contributed by atoms with van der Waals surface area (Å²) in [5.74, 6) is -0.774. The highest BCUT2D eigenvalue weighted by Gasteiger charge is 2.04. The van der Waals surface area contributed by atoms with Crippen LogP contribution >= 0.6 is 0 Å². The van der Waals surface area contributed by atoms with Gasteiger partial charge in [-0.25, -0.2) is 4.39 Å². The fraction of sp³-hybridized carbons (Fsp3) is 0.300. The number of carbonyl (C=O) groups excluding carboxylic acids is 1. The van der Waals surface area contributed by atoms with Crippen molar-refractivity contribution in [3.63, 3.8) is 0 Å². The molecule has 0 heterocycles. The molecule has 1 aromatic rings. The fourth-order valence-electron chi connectivity index (χ4n) is 0.964. The summed E-state index contributed by atoms with van der Waals surface area (Å²) < 4.78 is 17.8. The van der Waals surface area contributed by atoms with E-state index in [2.05, 4.69) is 0 Å². The normalized spacial score (nSPS) is 9.86. The zero-order chi connectivity index (χ0) is 10.4. The number of rotatable bonds is 4. The average molecular weight is 197 g/mol. The van der Waals surface area contributed by atoms with Crippen molar-refractivity contribution >= 4 is 5.97 Å². The summed E-state index contributed by atoms with van der Waals surface area (Å²) in [7, 11) is 0. The Morgan fingerprint density at radius 1 is 1.43 bits per heavy atom. The summed E-state index contributed by atoms with van der Waals surface area (Å²) in [5, 5.41) is 0. The topological polar surface area (TPSA) is 52.3 Å². The van der Waals surface area contributed by atoms with Crippen molar-refractivity contribution in [2.24, 2.45) is 5.73 Å². The molecular weight excluding hydrogens is 185 g/mol. The minimum Gasteiger partial charge on any atom is -0.461 e. The summed E-state index contributed by atoms with van der Waals surface area (Å²) in [5.41, 5.74) is 5.53. The molecule has 0 spiro atoms. The predicted octanol–water partition coefficient (Wildman–Crippen LogP) is 1.22. The lowest BCUT2D eigenvalue weighted by Gasteiger charge is -2.04. The maximum Gasteiger partial charge on any atom is 0.307 e. The molecule has 0 amide bonds. The van der Waals surface area contributed by atoms with Gasteiger partial charge in [-0.1, -0.05) is 18.2 Å². The van der Waals surface area contributed by atoms with Gasteiger partial charge in [-0.2, -0.15) is 0 Å². The molecule has 14 heavy (non-hydrogen) atoms. The molecule has 0 fully saturated rings. The molecule has 0 saturated carbocycles. The molecule has 0 radical (unpaired) electrons. The minimum absolute atomic E-state index is 0.0362. The number of hydrogen-bond acceptors (Lipinski definition) is 3. The first-order valence-corrected chi connectivity index (χ1v) is 4.33. The first-order chi connectivity index (χ1) is 6.74. The van der Waals surface area contributed by atoms with Crippen LogP contribution in [0, 0.1) is 5.82 Å². The Labute approximate surface area is 81.7 Å². The Morgan fingerprint density at radius 2 is 2.14 bits per heavy atom. The van der Waals surface area contributed by atoms with Crippen molar-refractivity contribution in [1.82, 2.24) is 0 Å². The highest BCUT2D eigenvalue weighted by molar-refractivity contribution is 5.69. The van der Waals surface area contributed by atoms with Crippen molar-refractivity contribution in [1.29, 1.82) is 0 Å². The maximum atomic E-state index is 13.0. The van der Waals surface area contributed by atoms with Gasteiger partial charge in [0, 0.05) is 12.1 Å². The summed E-state index contributed by atoms with van der Waals surface area (Å²) >= 11 is 0. The summed E-state index contributed by atoms with van der Waals surface area (Å²) in [6.45, 7) is 0.210. The maximum absolute atomic E-state index is 13.0. The molecule has 1 aromatic carbocycles. The lowest BCUT2D eigenvalue weighted by Crippen LogP contribution is -2.11. The van der Waals surface area contributed by atoms with Gasteiger partial charge < -0.3 is 10.5 Å². The van der Waals surface area contributed by atoms with E-state index in [1.807, 2.05) is 0 Å². The average Bonchev–Trinajstić information content (AvgIpc) is 2.17. The van der Waals surface area contributed by atoms with Crippen molar-refractivity contribution in [2.45, 2.75) is 13.0 Å². The largest absolute Gasteiger partial charge is 0.461 e. The Hall–Kier alpha value is -1.42. The van der Waals surface area contributed by atoms with Crippen molar-refractivity contribution in [2.75, 3.05) is 6.54 Å². The lowest BCUT2D eigenvalue weighted by molar-refractivity contribution is -0.144. The van der Waals surface area contributed by atoms with Crippen molar-refractivity contribution < 1.29 is 13.9 Å². The zero-order valence-corrected chi connectivity index (χ0v) is 7.70. The van der Waals surface area contributed by atoms with Crippen LogP contribution in [0.15, 0.2) is 24.3 Å². The number of esters is 1. The van der Waals surface area contributed by atoms with E-state index in [0.717, 1.165) is 0 Å². The van der Waals surface area contributed by atoms with Gasteiger partial charge in [0.05, 0.1) is 6.42 Å². The van der Waals surface area contributed by atoms with E-state index in [-0.39, 0.29) is 25.4 Å². The van der Waals surface area contributed by atoms with E-state index in [0.29, 0.717) is 5.56 Å². The Bertz CT molecular complexity index is 315. The van der Waals surface area contributed by atoms with Crippen LogP contribution in [0.1, 0.15) is 12.0 Å². The number of halogens is 1. The first-order valence-electron chi connectivity index (χ1n) is 4.33. The van der Waals surface area contributed by atoms with Gasteiger partial charge in [0.25, 0.3) is 0 Å². The van der Waals surface area contributed by atoms with Crippen LogP contribution < -0.4 is 5.73 Å². The van der Waals surface area contributed by atoms with Gasteiger partial charge in [0.15, 0.2) is 0 Å². The van der Waals surface area contributed by atoms with Crippen LogP contribution in [0.25, 0.3) is 0 Å². The predicted molar refractivity (Wildman–Crippen MR) is 49.9 cm³/mol. The van der Waals surface area contributed by atoms with Gasteiger partial charge in [-0.05, 0) is 6.07 Å². The monoisotopic (exact) mass is 197 g/mol. The van der Waals surface area contributed by atoms with Gasteiger partial charge in [0.2, 0.25) is 0 Å². The van der Waals surface area contributed by atoms with Gasteiger partial charge in [0.1, 0.15) is 12.4 Å². The number of carbonyl (C=O) groups is 1. The molecule has 0 aromatic heterocycles. The van der Waals surface area contributed by atoms with Gasteiger partial charge in [-0.3, -0.25) is 4.79 Å². The molecule has 0 aliphatic rings. The molecule has 0 aliphatic heterocycles. The molecule has 0 bridgehead atoms. The van der Waals surface area contributed by atoms with E-state index in [9.17, 15) is 9.18 Å². The van der Waals surface area contributed by atoms with Crippen LogP contribution in [-0.2, 0) is 16.1 Å². The van der Waals surface area contributed by atoms with E-state index < -0.39 is 5.97 Å². The summed E-state index contributed by atoms with van der Waals surface area (Å²) in [4.78, 5) is 10.9. The third-order valence-electron chi connectivity index (χ3n) is 1.69. The molecule has 76 valence electrons. The highest BCUT2D eigenvalue weighted by Crippen LogP contribution is 2.07. The standard InChI is InChI=1S/C10H12FNO2/c11-9-4-2-1-3-8(9)7-14-10(13)5-6-12/h1-4H,5-7,12H2. The molecular formula is C10H12FNO2. The molecule has 0 atom stereocenters. The minimum atomic E-state index is -0.407. The second kappa shape index (κ2) is 5.34. The molecule has 4 heteroatoms. The third kappa shape index (κ3) is 3.14. The second-order valence-electron chi connectivity index (χ2n) is 2.79. The molecule has 0 saturated heterocycles. The SMILES string of the molecule is NCCC(=O)OCc1ccccc1F. The molecule has 0 unspecified atom stereocenters. The second-order valence-corrected chi connectivity index (χ2v) is 2.79. The Balaban J connectivity index is 2.46. The zero-order valence-electron chi connectivity index (χ0n) is 7.70. The number of hydrogen-bond donors (Lipinski definition) is 1. The lowest BCUT2D eigenvalue weighted by atomic mass is 10.2. The number of benzene rings is 1. The first kappa shape index (κ1) is 10.7. The van der Waals surface area contributed by atoms with E-state index in [1.54, 1.807) is 18.2 Å². The molecule has 3 nitrogen and oxygen atoms in total. The smallest absolute Gasteiger partial charge is 0.307 e. The van der Waals surface area contributed by atoms with Crippen LogP contribution in [-0.4, -0.2) is 12.5 Å². The van der Waals surface area contributed by atoms with E-state index in [4.69, 9.17) is 10.5 Å². The van der Waals surface area contributed by atoms with Crippen LogP contribution in [0.3, 0.4) is 0 Å². The third-order valence-corrected chi connectivity index (χ3v) is 1.69.